The van der Waals surface area contributed by atoms with Crippen LogP contribution in [0, 0.1) is 0 Å². The molecule has 0 aliphatic carbocycles. The first kappa shape index (κ1) is 16.2. The second-order valence-corrected chi connectivity index (χ2v) is 7.61. The van der Waals surface area contributed by atoms with Crippen molar-refractivity contribution < 1.29 is 9.47 Å². The third kappa shape index (κ3) is 2.88. The van der Waals surface area contributed by atoms with Crippen molar-refractivity contribution in [1.29, 1.82) is 0 Å². The number of hydrogen-bond acceptors (Lipinski definition) is 3. The zero-order chi connectivity index (χ0) is 17.7. The summed E-state index contributed by atoms with van der Waals surface area (Å²) in [5.74, 6) is 0.895. The van der Waals surface area contributed by atoms with Crippen LogP contribution in [-0.2, 0) is 11.2 Å². The molecule has 134 valence electrons. The quantitative estimate of drug-likeness (QED) is 0.702. The lowest BCUT2D eigenvalue weighted by atomic mass is 9.93. The van der Waals surface area contributed by atoms with Crippen LogP contribution in [0.2, 0.25) is 5.02 Å². The molecule has 5 rings (SSSR count). The van der Waals surface area contributed by atoms with Crippen LogP contribution in [0.25, 0.3) is 10.9 Å². The minimum atomic E-state index is 0.214. The summed E-state index contributed by atoms with van der Waals surface area (Å²) in [7, 11) is 2.18. The standard InChI is InChI=1S/C21H21ClN2O2/c1-24-9-8-17-18-10-14(22)4-7-19(18)23-20(17)21(24)13-2-5-15(6-3-13)25-11-16-12-26-16/h2-7,10,16,21,23H,8-9,11-12H2,1H3. The molecule has 0 radical (unpaired) electrons. The van der Waals surface area contributed by atoms with Gasteiger partial charge in [0.15, 0.2) is 0 Å². The predicted molar refractivity (Wildman–Crippen MR) is 103 cm³/mol. The number of halogens is 1. The maximum atomic E-state index is 6.23. The molecule has 0 spiro atoms. The van der Waals surface area contributed by atoms with Gasteiger partial charge in [0.05, 0.1) is 12.6 Å². The van der Waals surface area contributed by atoms with E-state index in [-0.39, 0.29) is 12.1 Å². The highest BCUT2D eigenvalue weighted by Crippen LogP contribution is 2.38. The number of rotatable bonds is 4. The molecule has 1 saturated heterocycles. The number of hydrogen-bond donors (Lipinski definition) is 1. The smallest absolute Gasteiger partial charge is 0.119 e. The Morgan fingerprint density at radius 3 is 2.81 bits per heavy atom. The number of aromatic amines is 1. The van der Waals surface area contributed by atoms with Crippen LogP contribution in [-0.4, -0.2) is 42.8 Å². The second-order valence-electron chi connectivity index (χ2n) is 7.18. The van der Waals surface area contributed by atoms with Gasteiger partial charge in [-0.3, -0.25) is 4.90 Å². The van der Waals surface area contributed by atoms with Gasteiger partial charge in [0.2, 0.25) is 0 Å². The first-order chi connectivity index (χ1) is 12.7. The van der Waals surface area contributed by atoms with Crippen LogP contribution < -0.4 is 4.74 Å². The van der Waals surface area contributed by atoms with Gasteiger partial charge in [-0.2, -0.15) is 0 Å². The minimum Gasteiger partial charge on any atom is -0.491 e. The molecule has 5 heteroatoms. The number of benzene rings is 2. The number of likely N-dealkylation sites (N-methyl/N-ethyl adjacent to an activating group) is 1. The third-order valence-corrected chi connectivity index (χ3v) is 5.60. The molecule has 4 nitrogen and oxygen atoms in total. The Balaban J connectivity index is 1.49. The molecule has 3 heterocycles. The van der Waals surface area contributed by atoms with Crippen molar-refractivity contribution in [2.24, 2.45) is 0 Å². The average molecular weight is 369 g/mol. The van der Waals surface area contributed by atoms with Crippen LogP contribution in [0.3, 0.4) is 0 Å². The van der Waals surface area contributed by atoms with E-state index in [1.54, 1.807) is 0 Å². The molecule has 0 bridgehead atoms. The molecule has 2 unspecified atom stereocenters. The van der Waals surface area contributed by atoms with Gasteiger partial charge in [-0.05, 0) is 54.9 Å². The lowest BCUT2D eigenvalue weighted by Crippen LogP contribution is -2.32. The molecular formula is C21H21ClN2O2. The Hall–Kier alpha value is -2.01. The molecule has 2 aliphatic rings. The molecule has 2 aromatic carbocycles. The molecule has 1 aromatic heterocycles. The number of epoxide rings is 1. The van der Waals surface area contributed by atoms with Gasteiger partial charge in [0.1, 0.15) is 18.5 Å². The van der Waals surface area contributed by atoms with Crippen LogP contribution in [0.4, 0.5) is 0 Å². The number of ether oxygens (including phenoxy) is 2. The Morgan fingerprint density at radius 2 is 2.04 bits per heavy atom. The Bertz CT molecular complexity index is 947. The zero-order valence-electron chi connectivity index (χ0n) is 14.7. The second kappa shape index (κ2) is 6.31. The number of nitrogens with zero attached hydrogens (tertiary/aromatic N) is 1. The third-order valence-electron chi connectivity index (χ3n) is 5.36. The van der Waals surface area contributed by atoms with Crippen LogP contribution in [0.15, 0.2) is 42.5 Å². The van der Waals surface area contributed by atoms with Crippen molar-refractivity contribution >= 4 is 22.5 Å². The molecule has 2 atom stereocenters. The molecule has 2 aliphatic heterocycles. The molecule has 0 amide bonds. The SMILES string of the molecule is CN1CCc2c([nH]c3ccc(Cl)cc23)C1c1ccc(OCC2CO2)cc1. The lowest BCUT2D eigenvalue weighted by Gasteiger charge is -2.33. The fourth-order valence-corrected chi connectivity index (χ4v) is 4.07. The lowest BCUT2D eigenvalue weighted by molar-refractivity contribution is 0.258. The molecule has 0 saturated carbocycles. The van der Waals surface area contributed by atoms with Crippen molar-refractivity contribution in [2.45, 2.75) is 18.6 Å². The van der Waals surface area contributed by atoms with Crippen LogP contribution in [0.5, 0.6) is 5.75 Å². The summed E-state index contributed by atoms with van der Waals surface area (Å²) < 4.78 is 11.0. The topological polar surface area (TPSA) is 40.8 Å². The summed E-state index contributed by atoms with van der Waals surface area (Å²) in [4.78, 5) is 6.03. The van der Waals surface area contributed by atoms with Crippen LogP contribution >= 0.6 is 11.6 Å². The first-order valence-corrected chi connectivity index (χ1v) is 9.41. The van der Waals surface area contributed by atoms with E-state index in [1.165, 1.54) is 22.2 Å². The van der Waals surface area contributed by atoms with Crippen molar-refractivity contribution in [1.82, 2.24) is 9.88 Å². The normalized spacial score (nSPS) is 22.4. The van der Waals surface area contributed by atoms with Gasteiger partial charge in [-0.15, -0.1) is 0 Å². The average Bonchev–Trinajstić information content (AvgIpc) is 3.41. The minimum absolute atomic E-state index is 0.214. The predicted octanol–water partition coefficient (Wildman–Crippen LogP) is 4.18. The number of nitrogens with one attached hydrogen (secondary N) is 1. The highest BCUT2D eigenvalue weighted by atomic mass is 35.5. The zero-order valence-corrected chi connectivity index (χ0v) is 15.4. The van der Waals surface area contributed by atoms with Crippen molar-refractivity contribution in [3.63, 3.8) is 0 Å². The van der Waals surface area contributed by atoms with Gasteiger partial charge >= 0.3 is 0 Å². The molecule has 3 aromatic rings. The van der Waals surface area contributed by atoms with Gasteiger partial charge in [-0.1, -0.05) is 23.7 Å². The summed E-state index contributed by atoms with van der Waals surface area (Å²) in [6.45, 7) is 2.47. The molecular weight excluding hydrogens is 348 g/mol. The summed E-state index contributed by atoms with van der Waals surface area (Å²) in [6, 6.07) is 14.7. The molecule has 1 fully saturated rings. The summed E-state index contributed by atoms with van der Waals surface area (Å²) in [5, 5.41) is 2.03. The van der Waals surface area contributed by atoms with Crippen molar-refractivity contribution in [3.05, 3.63) is 64.3 Å². The van der Waals surface area contributed by atoms with E-state index < -0.39 is 0 Å². The monoisotopic (exact) mass is 368 g/mol. The number of aromatic nitrogens is 1. The molecule has 1 N–H and O–H groups in total. The van der Waals surface area contributed by atoms with E-state index in [9.17, 15) is 0 Å². The van der Waals surface area contributed by atoms with E-state index in [0.29, 0.717) is 6.61 Å². The maximum Gasteiger partial charge on any atom is 0.119 e. The Labute approximate surface area is 157 Å². The van der Waals surface area contributed by atoms with Crippen LogP contribution in [0.1, 0.15) is 22.9 Å². The van der Waals surface area contributed by atoms with E-state index in [1.807, 2.05) is 6.07 Å². The van der Waals surface area contributed by atoms with Crippen molar-refractivity contribution in [2.75, 3.05) is 26.8 Å². The summed E-state index contributed by atoms with van der Waals surface area (Å²) >= 11 is 6.23. The van der Waals surface area contributed by atoms with E-state index in [2.05, 4.69) is 53.3 Å². The van der Waals surface area contributed by atoms with Gasteiger partial charge in [-0.25, -0.2) is 0 Å². The Kier molecular flexibility index (Phi) is 3.92. The number of H-pyrrole nitrogens is 1. The van der Waals surface area contributed by atoms with E-state index >= 15 is 0 Å². The largest absolute Gasteiger partial charge is 0.491 e. The highest BCUT2D eigenvalue weighted by Gasteiger charge is 2.29. The maximum absolute atomic E-state index is 6.23. The number of fused-ring (bicyclic) bond motifs is 3. The Morgan fingerprint density at radius 1 is 1.23 bits per heavy atom. The van der Waals surface area contributed by atoms with E-state index in [0.717, 1.165) is 35.9 Å². The highest BCUT2D eigenvalue weighted by molar-refractivity contribution is 6.31. The van der Waals surface area contributed by atoms with Gasteiger partial charge in [0.25, 0.3) is 0 Å². The first-order valence-electron chi connectivity index (χ1n) is 9.03. The van der Waals surface area contributed by atoms with Gasteiger partial charge in [0, 0.05) is 28.2 Å². The summed E-state index contributed by atoms with van der Waals surface area (Å²) in [6.07, 6.45) is 1.31. The van der Waals surface area contributed by atoms with E-state index in [4.69, 9.17) is 21.1 Å². The fraction of sp³-hybridized carbons (Fsp3) is 0.333. The van der Waals surface area contributed by atoms with Gasteiger partial charge < -0.3 is 14.5 Å². The molecule has 26 heavy (non-hydrogen) atoms. The summed E-state index contributed by atoms with van der Waals surface area (Å²) in [5.41, 5.74) is 5.08. The van der Waals surface area contributed by atoms with Crippen molar-refractivity contribution in [3.8, 4) is 5.75 Å². The fourth-order valence-electron chi connectivity index (χ4n) is 3.90.